The van der Waals surface area contributed by atoms with Gasteiger partial charge in [-0.2, -0.15) is 21.6 Å². The maximum Gasteiger partial charge on any atom is 0.433 e. The van der Waals surface area contributed by atoms with E-state index in [0.717, 1.165) is 24.3 Å². The molecule has 36 heavy (non-hydrogen) atoms. The van der Waals surface area contributed by atoms with Crippen molar-refractivity contribution in [2.45, 2.75) is 57.5 Å². The van der Waals surface area contributed by atoms with Crippen molar-refractivity contribution >= 4 is 16.0 Å². The summed E-state index contributed by atoms with van der Waals surface area (Å²) in [5, 5.41) is 13.1. The van der Waals surface area contributed by atoms with Crippen LogP contribution in [0.25, 0.3) is 0 Å². The first kappa shape index (κ1) is 31.4. The average molecular weight is 542 g/mol. The van der Waals surface area contributed by atoms with Crippen molar-refractivity contribution in [3.63, 3.8) is 0 Å². The summed E-state index contributed by atoms with van der Waals surface area (Å²) < 4.78 is 92.4. The predicted molar refractivity (Wildman–Crippen MR) is 122 cm³/mol. The van der Waals surface area contributed by atoms with Crippen LogP contribution in [-0.4, -0.2) is 52.9 Å². The lowest BCUT2D eigenvalue weighted by Gasteiger charge is -2.23. The Labute approximate surface area is 205 Å². The normalized spacial score (nSPS) is 13.9. The van der Waals surface area contributed by atoms with E-state index in [4.69, 9.17) is 10.3 Å². The summed E-state index contributed by atoms with van der Waals surface area (Å²) in [7, 11) is -3.67. The molecular weight excluding hydrogens is 513 g/mol. The SMILES string of the molecule is CC(C)(C)NC(=O)c1ccc(C(F)(F)F)nc1C[C@H](O)[C@H](N)Cc1cc(F)ccc1F.CS(=O)(=O)O. The second-order valence-electron chi connectivity index (χ2n) is 9.00. The van der Waals surface area contributed by atoms with E-state index >= 15 is 0 Å². The van der Waals surface area contributed by atoms with E-state index in [-0.39, 0.29) is 23.2 Å². The number of amides is 1. The number of nitrogens with two attached hydrogens (primary N) is 1. The van der Waals surface area contributed by atoms with Crippen molar-refractivity contribution in [2.75, 3.05) is 6.26 Å². The zero-order chi connectivity index (χ0) is 28.1. The number of halogens is 5. The fraction of sp³-hybridized carbons (Fsp3) is 0.455. The molecule has 202 valence electrons. The Bertz CT molecular complexity index is 1160. The van der Waals surface area contributed by atoms with Crippen molar-refractivity contribution in [3.8, 4) is 0 Å². The van der Waals surface area contributed by atoms with E-state index in [1.54, 1.807) is 20.8 Å². The molecule has 8 nitrogen and oxygen atoms in total. The largest absolute Gasteiger partial charge is 0.433 e. The first-order valence-electron chi connectivity index (χ1n) is 10.4. The minimum absolute atomic E-state index is 0.0887. The Morgan fingerprint density at radius 3 is 2.17 bits per heavy atom. The molecule has 0 saturated carbocycles. The molecule has 1 aromatic carbocycles. The molecule has 1 heterocycles. The van der Waals surface area contributed by atoms with Gasteiger partial charge < -0.3 is 16.2 Å². The molecule has 0 aliphatic heterocycles. The summed E-state index contributed by atoms with van der Waals surface area (Å²) in [6.45, 7) is 5.08. The Balaban J connectivity index is 0.00000118. The van der Waals surface area contributed by atoms with E-state index in [9.17, 15) is 40.3 Å². The number of rotatable bonds is 6. The number of hydrogen-bond acceptors (Lipinski definition) is 6. The number of carbonyl (C=O) groups excluding carboxylic acids is 1. The van der Waals surface area contributed by atoms with E-state index in [1.165, 1.54) is 0 Å². The van der Waals surface area contributed by atoms with Crippen molar-refractivity contribution in [1.29, 1.82) is 0 Å². The highest BCUT2D eigenvalue weighted by molar-refractivity contribution is 7.85. The van der Waals surface area contributed by atoms with Crippen LogP contribution in [0.4, 0.5) is 22.0 Å². The van der Waals surface area contributed by atoms with Crippen LogP contribution in [0, 0.1) is 11.6 Å². The first-order valence-corrected chi connectivity index (χ1v) is 12.2. The highest BCUT2D eigenvalue weighted by atomic mass is 32.2. The number of aromatic nitrogens is 1. The number of alkyl halides is 3. The number of nitrogens with zero attached hydrogens (tertiary/aromatic N) is 1. The van der Waals surface area contributed by atoms with Gasteiger partial charge in [0.15, 0.2) is 0 Å². The zero-order valence-corrected chi connectivity index (χ0v) is 20.7. The number of aliphatic hydroxyl groups is 1. The minimum atomic E-state index is -4.76. The summed E-state index contributed by atoms with van der Waals surface area (Å²) in [4.78, 5) is 16.1. The standard InChI is InChI=1S/C21H24F5N3O2.CH4O3S/c1-20(2,3)29-19(31)13-5-7-18(21(24,25)26)28-16(13)10-17(30)15(27)9-11-8-12(22)4-6-14(11)23;1-5(2,3)4/h4-8,15,17,30H,9-10,27H2,1-3H3,(H,29,31);1H3,(H,2,3,4)/t15-,17+;/m1./s1. The molecule has 1 amide bonds. The fourth-order valence-electron chi connectivity index (χ4n) is 2.87. The molecule has 0 radical (unpaired) electrons. The van der Waals surface area contributed by atoms with Gasteiger partial charge in [0.25, 0.3) is 16.0 Å². The summed E-state index contributed by atoms with van der Waals surface area (Å²) >= 11 is 0. The van der Waals surface area contributed by atoms with Crippen molar-refractivity contribution in [2.24, 2.45) is 5.73 Å². The Morgan fingerprint density at radius 1 is 1.11 bits per heavy atom. The molecule has 14 heteroatoms. The zero-order valence-electron chi connectivity index (χ0n) is 19.9. The van der Waals surface area contributed by atoms with E-state index in [0.29, 0.717) is 12.3 Å². The van der Waals surface area contributed by atoms with E-state index in [1.807, 2.05) is 0 Å². The monoisotopic (exact) mass is 541 g/mol. The number of hydrogen-bond donors (Lipinski definition) is 4. The lowest BCUT2D eigenvalue weighted by molar-refractivity contribution is -0.141. The van der Waals surface area contributed by atoms with Crippen LogP contribution in [0.5, 0.6) is 0 Å². The minimum Gasteiger partial charge on any atom is -0.391 e. The van der Waals surface area contributed by atoms with Crippen LogP contribution < -0.4 is 11.1 Å². The summed E-state index contributed by atoms with van der Waals surface area (Å²) in [5.74, 6) is -2.09. The fourth-order valence-corrected chi connectivity index (χ4v) is 2.87. The lowest BCUT2D eigenvalue weighted by Crippen LogP contribution is -2.42. The molecule has 0 saturated heterocycles. The van der Waals surface area contributed by atoms with Gasteiger partial charge in [-0.25, -0.2) is 13.8 Å². The van der Waals surface area contributed by atoms with Crippen LogP contribution in [0.2, 0.25) is 0 Å². The van der Waals surface area contributed by atoms with Crippen molar-refractivity contribution in [3.05, 3.63) is 64.5 Å². The number of nitrogens with one attached hydrogen (secondary N) is 1. The molecule has 2 rings (SSSR count). The van der Waals surface area contributed by atoms with Crippen LogP contribution in [0.1, 0.15) is 48.1 Å². The molecule has 0 spiro atoms. The number of aliphatic hydroxyl groups excluding tert-OH is 1. The first-order chi connectivity index (χ1) is 16.2. The third-order valence-electron chi connectivity index (χ3n) is 4.36. The molecule has 0 bridgehead atoms. The quantitative estimate of drug-likeness (QED) is 0.325. The lowest BCUT2D eigenvalue weighted by atomic mass is 9.96. The van der Waals surface area contributed by atoms with Crippen LogP contribution in [0.3, 0.4) is 0 Å². The average Bonchev–Trinajstić information content (AvgIpc) is 2.67. The summed E-state index contributed by atoms with van der Waals surface area (Å²) in [6, 6.07) is 3.27. The maximum absolute atomic E-state index is 13.8. The highest BCUT2D eigenvalue weighted by Crippen LogP contribution is 2.29. The summed E-state index contributed by atoms with van der Waals surface area (Å²) in [6.07, 6.45) is -6.28. The van der Waals surface area contributed by atoms with Gasteiger partial charge in [0.2, 0.25) is 0 Å². The maximum atomic E-state index is 13.8. The number of carbonyl (C=O) groups is 1. The van der Waals surface area contributed by atoms with Gasteiger partial charge in [-0.3, -0.25) is 9.35 Å². The molecule has 0 fully saturated rings. The Morgan fingerprint density at radius 2 is 1.67 bits per heavy atom. The third-order valence-corrected chi connectivity index (χ3v) is 4.36. The number of pyridine rings is 1. The third kappa shape index (κ3) is 11.4. The van der Waals surface area contributed by atoms with Crippen LogP contribution >= 0.6 is 0 Å². The topological polar surface area (TPSA) is 143 Å². The molecule has 0 aliphatic carbocycles. The molecule has 2 atom stereocenters. The molecule has 0 unspecified atom stereocenters. The number of benzene rings is 1. The van der Waals surface area contributed by atoms with Crippen LogP contribution in [-0.2, 0) is 29.1 Å². The van der Waals surface area contributed by atoms with Gasteiger partial charge in [-0.05, 0) is 63.1 Å². The van der Waals surface area contributed by atoms with E-state index in [2.05, 4.69) is 10.3 Å². The van der Waals surface area contributed by atoms with Gasteiger partial charge in [0.05, 0.1) is 23.6 Å². The van der Waals surface area contributed by atoms with Gasteiger partial charge in [0.1, 0.15) is 17.3 Å². The van der Waals surface area contributed by atoms with Gasteiger partial charge in [-0.1, -0.05) is 0 Å². The molecular formula is C22H28F5N3O5S. The van der Waals surface area contributed by atoms with Gasteiger partial charge in [0, 0.05) is 18.0 Å². The van der Waals surface area contributed by atoms with E-state index < -0.39 is 63.6 Å². The van der Waals surface area contributed by atoms with Crippen molar-refractivity contribution < 1.29 is 44.8 Å². The Kier molecular flexibility index (Phi) is 10.5. The van der Waals surface area contributed by atoms with Crippen LogP contribution in [0.15, 0.2) is 30.3 Å². The molecule has 2 aromatic rings. The second-order valence-corrected chi connectivity index (χ2v) is 10.5. The summed E-state index contributed by atoms with van der Waals surface area (Å²) in [5.41, 5.74) is 3.44. The molecule has 5 N–H and O–H groups in total. The molecule has 1 aromatic heterocycles. The smallest absolute Gasteiger partial charge is 0.391 e. The predicted octanol–water partition coefficient (Wildman–Crippen LogP) is 2.88. The molecule has 0 aliphatic rings. The van der Waals surface area contributed by atoms with Crippen molar-refractivity contribution in [1.82, 2.24) is 10.3 Å². The van der Waals surface area contributed by atoms with Gasteiger partial charge >= 0.3 is 6.18 Å². The Hall–Kier alpha value is -2.68. The van der Waals surface area contributed by atoms with Gasteiger partial charge in [-0.15, -0.1) is 0 Å². The highest BCUT2D eigenvalue weighted by Gasteiger charge is 2.34. The second kappa shape index (κ2) is 12.0.